The van der Waals surface area contributed by atoms with Crippen LogP contribution in [0.25, 0.3) is 6.08 Å². The monoisotopic (exact) mass is 317 g/mol. The number of hydrogen-bond acceptors (Lipinski definition) is 3. The molecule has 0 atom stereocenters. The van der Waals surface area contributed by atoms with Crippen LogP contribution in [-0.4, -0.2) is 11.9 Å². The van der Waals surface area contributed by atoms with Gasteiger partial charge in [0, 0.05) is 5.56 Å². The van der Waals surface area contributed by atoms with E-state index in [2.05, 4.69) is 18.8 Å². The van der Waals surface area contributed by atoms with E-state index in [1.54, 1.807) is 12.2 Å². The smallest absolute Gasteiger partial charge is 0.363 e. The van der Waals surface area contributed by atoms with E-state index in [0.29, 0.717) is 17.5 Å². The van der Waals surface area contributed by atoms with Crippen molar-refractivity contribution in [3.05, 3.63) is 89.1 Å². The number of benzene rings is 2. The Kier molecular flexibility index (Phi) is 4.71. The van der Waals surface area contributed by atoms with E-state index in [0.717, 1.165) is 11.1 Å². The van der Waals surface area contributed by atoms with E-state index in [1.807, 2.05) is 60.7 Å². The largest absolute Gasteiger partial charge is 0.402 e. The molecule has 0 fully saturated rings. The van der Waals surface area contributed by atoms with Gasteiger partial charge in [0.2, 0.25) is 5.90 Å². The third kappa shape index (κ3) is 3.69. The van der Waals surface area contributed by atoms with Crippen molar-refractivity contribution in [2.45, 2.75) is 19.8 Å². The Bertz CT molecular complexity index is 813. The van der Waals surface area contributed by atoms with Crippen LogP contribution in [0.2, 0.25) is 0 Å². The van der Waals surface area contributed by atoms with Crippen molar-refractivity contribution in [2.24, 2.45) is 4.99 Å². The Morgan fingerprint density at radius 1 is 1.00 bits per heavy atom. The Labute approximate surface area is 142 Å². The van der Waals surface area contributed by atoms with Crippen molar-refractivity contribution >= 4 is 17.9 Å². The van der Waals surface area contributed by atoms with E-state index in [-0.39, 0.29) is 0 Å². The zero-order valence-corrected chi connectivity index (χ0v) is 13.8. The average molecular weight is 317 g/mol. The number of esters is 1. The fourth-order valence-corrected chi connectivity index (χ4v) is 2.37. The lowest BCUT2D eigenvalue weighted by molar-refractivity contribution is -0.130. The summed E-state index contributed by atoms with van der Waals surface area (Å²) in [6.45, 7) is 4.28. The number of ether oxygens (including phenoxy) is 1. The molecule has 0 bridgehead atoms. The zero-order chi connectivity index (χ0) is 16.9. The van der Waals surface area contributed by atoms with Gasteiger partial charge in [-0.3, -0.25) is 0 Å². The van der Waals surface area contributed by atoms with E-state index >= 15 is 0 Å². The molecule has 0 spiro atoms. The first-order chi connectivity index (χ1) is 11.6. The molecule has 2 aromatic rings. The van der Waals surface area contributed by atoms with Gasteiger partial charge >= 0.3 is 5.97 Å². The number of allylic oxidation sites excluding steroid dienone is 2. The maximum atomic E-state index is 11.9. The van der Waals surface area contributed by atoms with Crippen LogP contribution < -0.4 is 0 Å². The summed E-state index contributed by atoms with van der Waals surface area (Å²) in [6, 6.07) is 17.8. The van der Waals surface area contributed by atoms with Crippen LogP contribution in [0.3, 0.4) is 0 Å². The number of carbonyl (C=O) groups is 1. The number of aliphatic imine (C=N–C) groups is 1. The normalized spacial score (nSPS) is 16.0. The number of carbonyl (C=O) groups excluding carboxylic acids is 1. The Balaban J connectivity index is 1.77. The fourth-order valence-electron chi connectivity index (χ4n) is 2.37. The Hall–Kier alpha value is -2.94. The van der Waals surface area contributed by atoms with Gasteiger partial charge in [0.15, 0.2) is 5.70 Å². The fraction of sp³-hybridized carbons (Fsp3) is 0.143. The van der Waals surface area contributed by atoms with Crippen molar-refractivity contribution < 1.29 is 9.53 Å². The van der Waals surface area contributed by atoms with Crippen LogP contribution in [0.4, 0.5) is 0 Å². The van der Waals surface area contributed by atoms with Crippen molar-refractivity contribution in [1.82, 2.24) is 0 Å². The van der Waals surface area contributed by atoms with Crippen LogP contribution in [0.15, 0.2) is 77.4 Å². The molecule has 0 radical (unpaired) electrons. The van der Waals surface area contributed by atoms with Gasteiger partial charge in [0.05, 0.1) is 0 Å². The Morgan fingerprint density at radius 3 is 2.38 bits per heavy atom. The third-order valence-corrected chi connectivity index (χ3v) is 3.79. The highest BCUT2D eigenvalue weighted by Gasteiger charge is 2.23. The quantitative estimate of drug-likeness (QED) is 0.605. The Morgan fingerprint density at radius 2 is 1.71 bits per heavy atom. The molecule has 2 aromatic carbocycles. The van der Waals surface area contributed by atoms with Crippen molar-refractivity contribution in [3.63, 3.8) is 0 Å². The molecule has 0 amide bonds. The highest BCUT2D eigenvalue weighted by molar-refractivity contribution is 6.11. The summed E-state index contributed by atoms with van der Waals surface area (Å²) >= 11 is 0. The first-order valence-corrected chi connectivity index (χ1v) is 7.98. The maximum absolute atomic E-state index is 11.9. The molecular weight excluding hydrogens is 298 g/mol. The van der Waals surface area contributed by atoms with Crippen LogP contribution in [0.1, 0.15) is 36.5 Å². The van der Waals surface area contributed by atoms with Gasteiger partial charge in [0.1, 0.15) is 0 Å². The van der Waals surface area contributed by atoms with Gasteiger partial charge in [-0.1, -0.05) is 68.5 Å². The molecular formula is C21H19NO2. The summed E-state index contributed by atoms with van der Waals surface area (Å²) in [5.74, 6) is 0.399. The van der Waals surface area contributed by atoms with Gasteiger partial charge in [-0.2, -0.15) is 0 Å². The van der Waals surface area contributed by atoms with Gasteiger partial charge < -0.3 is 4.74 Å². The van der Waals surface area contributed by atoms with E-state index in [4.69, 9.17) is 4.74 Å². The predicted molar refractivity (Wildman–Crippen MR) is 96.7 cm³/mol. The van der Waals surface area contributed by atoms with Crippen LogP contribution in [0, 0.1) is 0 Å². The minimum absolute atomic E-state index is 0.310. The van der Waals surface area contributed by atoms with Gasteiger partial charge in [-0.05, 0) is 35.3 Å². The van der Waals surface area contributed by atoms with Gasteiger partial charge in [0.25, 0.3) is 0 Å². The van der Waals surface area contributed by atoms with E-state index in [9.17, 15) is 4.79 Å². The minimum atomic E-state index is -0.421. The first kappa shape index (κ1) is 15.9. The molecule has 3 nitrogen and oxygen atoms in total. The second-order valence-electron chi connectivity index (χ2n) is 5.90. The molecule has 120 valence electrons. The second-order valence-corrected chi connectivity index (χ2v) is 5.90. The van der Waals surface area contributed by atoms with Crippen LogP contribution in [0.5, 0.6) is 0 Å². The summed E-state index contributed by atoms with van der Waals surface area (Å²) in [5.41, 5.74) is 3.42. The topological polar surface area (TPSA) is 38.7 Å². The molecule has 0 N–H and O–H groups in total. The van der Waals surface area contributed by atoms with E-state index < -0.39 is 5.97 Å². The molecule has 0 saturated carbocycles. The summed E-state index contributed by atoms with van der Waals surface area (Å²) in [6.07, 6.45) is 5.40. The molecule has 1 aliphatic rings. The van der Waals surface area contributed by atoms with Gasteiger partial charge in [-0.25, -0.2) is 9.79 Å². The SMILES string of the molecule is CC(C)c1ccc(C2=N/C(=C\C=C\c3ccccc3)C(=O)O2)cc1. The molecule has 1 aliphatic heterocycles. The molecule has 0 unspecified atom stereocenters. The minimum Gasteiger partial charge on any atom is -0.402 e. The van der Waals surface area contributed by atoms with E-state index in [1.165, 1.54) is 5.56 Å². The molecule has 24 heavy (non-hydrogen) atoms. The average Bonchev–Trinajstić information content (AvgIpc) is 2.97. The van der Waals surface area contributed by atoms with Gasteiger partial charge in [-0.15, -0.1) is 0 Å². The molecule has 3 heteroatoms. The molecule has 3 rings (SSSR count). The number of rotatable bonds is 4. The van der Waals surface area contributed by atoms with Crippen LogP contribution >= 0.6 is 0 Å². The molecule has 1 heterocycles. The van der Waals surface area contributed by atoms with Crippen molar-refractivity contribution in [3.8, 4) is 0 Å². The standard InChI is InChI=1S/C21H19NO2/c1-15(2)17-11-13-18(14-12-17)20-22-19(21(23)24-20)10-6-9-16-7-4-3-5-8-16/h3-15H,1-2H3/b9-6+,19-10-. The number of hydrogen-bond donors (Lipinski definition) is 0. The summed E-state index contributed by atoms with van der Waals surface area (Å²) in [5, 5.41) is 0. The molecule has 0 aromatic heterocycles. The van der Waals surface area contributed by atoms with Crippen molar-refractivity contribution in [1.29, 1.82) is 0 Å². The summed E-state index contributed by atoms with van der Waals surface area (Å²) in [4.78, 5) is 16.2. The number of cyclic esters (lactones) is 1. The highest BCUT2D eigenvalue weighted by Crippen LogP contribution is 2.19. The summed E-state index contributed by atoms with van der Waals surface area (Å²) in [7, 11) is 0. The first-order valence-electron chi connectivity index (χ1n) is 7.98. The molecule has 0 aliphatic carbocycles. The third-order valence-electron chi connectivity index (χ3n) is 3.79. The lowest BCUT2D eigenvalue weighted by atomic mass is 10.0. The highest BCUT2D eigenvalue weighted by atomic mass is 16.6. The lowest BCUT2D eigenvalue weighted by Crippen LogP contribution is -2.05. The summed E-state index contributed by atoms with van der Waals surface area (Å²) < 4.78 is 5.27. The zero-order valence-electron chi connectivity index (χ0n) is 13.8. The second kappa shape index (κ2) is 7.09. The predicted octanol–water partition coefficient (Wildman–Crippen LogP) is 4.71. The lowest BCUT2D eigenvalue weighted by Gasteiger charge is -2.05. The number of nitrogens with zero attached hydrogens (tertiary/aromatic N) is 1. The van der Waals surface area contributed by atoms with Crippen LogP contribution in [-0.2, 0) is 9.53 Å². The van der Waals surface area contributed by atoms with Crippen molar-refractivity contribution in [2.75, 3.05) is 0 Å². The molecule has 0 saturated heterocycles. The maximum Gasteiger partial charge on any atom is 0.363 e.